The maximum Gasteiger partial charge on any atom is 0.0570 e. The number of aryl methyl sites for hydroxylation is 1. The first-order chi connectivity index (χ1) is 7.84. The molecule has 0 atom stereocenters. The molecule has 0 saturated heterocycles. The molecule has 0 radical (unpaired) electrons. The molecule has 90 valence electrons. The summed E-state index contributed by atoms with van der Waals surface area (Å²) in [5, 5.41) is 12.0. The maximum atomic E-state index is 8.61. The molecule has 0 aliphatic rings. The van der Waals surface area contributed by atoms with Crippen molar-refractivity contribution >= 4 is 11.8 Å². The van der Waals surface area contributed by atoms with Crippen molar-refractivity contribution < 1.29 is 5.11 Å². The first kappa shape index (κ1) is 13.5. The van der Waals surface area contributed by atoms with Gasteiger partial charge in [-0.1, -0.05) is 6.07 Å². The normalized spacial score (nSPS) is 10.6. The van der Waals surface area contributed by atoms with E-state index >= 15 is 0 Å². The first-order valence-corrected chi connectivity index (χ1v) is 6.80. The van der Waals surface area contributed by atoms with Crippen LogP contribution in [0.25, 0.3) is 0 Å². The molecule has 0 unspecified atom stereocenters. The van der Waals surface area contributed by atoms with Crippen molar-refractivity contribution in [2.75, 3.05) is 24.7 Å². The zero-order valence-corrected chi connectivity index (χ0v) is 10.6. The van der Waals surface area contributed by atoms with Gasteiger partial charge in [0.1, 0.15) is 0 Å². The number of thioether (sulfide) groups is 1. The van der Waals surface area contributed by atoms with Gasteiger partial charge in [-0.3, -0.25) is 4.98 Å². The van der Waals surface area contributed by atoms with Gasteiger partial charge in [-0.05, 0) is 30.7 Å². The van der Waals surface area contributed by atoms with Crippen molar-refractivity contribution in [1.29, 1.82) is 0 Å². The van der Waals surface area contributed by atoms with Crippen LogP contribution in [0.2, 0.25) is 0 Å². The number of nitrogens with zero attached hydrogens (tertiary/aromatic N) is 1. The van der Waals surface area contributed by atoms with Crippen molar-refractivity contribution in [2.24, 2.45) is 0 Å². The average molecular weight is 240 g/mol. The molecule has 1 heterocycles. The van der Waals surface area contributed by atoms with E-state index in [1.54, 1.807) is 0 Å². The Balaban J connectivity index is 2.05. The number of nitrogens with one attached hydrogen (secondary N) is 1. The molecular weight excluding hydrogens is 220 g/mol. The topological polar surface area (TPSA) is 45.2 Å². The Morgan fingerprint density at radius 2 is 2.31 bits per heavy atom. The van der Waals surface area contributed by atoms with E-state index in [1.165, 1.54) is 5.56 Å². The molecule has 0 fully saturated rings. The number of pyridine rings is 1. The Labute approximate surface area is 102 Å². The van der Waals surface area contributed by atoms with Gasteiger partial charge < -0.3 is 10.4 Å². The third-order valence-corrected chi connectivity index (χ3v) is 3.35. The minimum absolute atomic E-state index is 0.299. The van der Waals surface area contributed by atoms with Crippen LogP contribution in [0, 0.1) is 6.92 Å². The summed E-state index contributed by atoms with van der Waals surface area (Å²) in [6.45, 7) is 4.22. The fourth-order valence-corrected chi connectivity index (χ4v) is 2.15. The zero-order chi connectivity index (χ0) is 11.6. The average Bonchev–Trinajstić information content (AvgIpc) is 2.30. The standard InChI is InChI=1S/C12H20N2OS/c1-11-4-2-5-14-12(11)10-13-6-9-16-8-3-7-15/h2,4-5,13,15H,3,6-10H2,1H3. The van der Waals surface area contributed by atoms with Crippen LogP contribution in [-0.2, 0) is 6.54 Å². The highest BCUT2D eigenvalue weighted by Crippen LogP contribution is 2.03. The number of aliphatic hydroxyl groups excluding tert-OH is 1. The van der Waals surface area contributed by atoms with E-state index in [-0.39, 0.29) is 0 Å². The molecule has 0 bridgehead atoms. The monoisotopic (exact) mass is 240 g/mol. The highest BCUT2D eigenvalue weighted by molar-refractivity contribution is 7.99. The number of hydrogen-bond acceptors (Lipinski definition) is 4. The lowest BCUT2D eigenvalue weighted by Gasteiger charge is -2.06. The third-order valence-electron chi connectivity index (χ3n) is 2.28. The van der Waals surface area contributed by atoms with Crippen LogP contribution < -0.4 is 5.32 Å². The molecule has 2 N–H and O–H groups in total. The van der Waals surface area contributed by atoms with Crippen LogP contribution in [0.5, 0.6) is 0 Å². The third kappa shape index (κ3) is 5.49. The second-order valence-electron chi connectivity index (χ2n) is 3.63. The fraction of sp³-hybridized carbons (Fsp3) is 0.583. The van der Waals surface area contributed by atoms with Crippen LogP contribution in [0.3, 0.4) is 0 Å². The predicted molar refractivity (Wildman–Crippen MR) is 69.7 cm³/mol. The second-order valence-corrected chi connectivity index (χ2v) is 4.86. The quantitative estimate of drug-likeness (QED) is 0.677. The minimum atomic E-state index is 0.299. The molecule has 1 aromatic heterocycles. The maximum absolute atomic E-state index is 8.61. The summed E-state index contributed by atoms with van der Waals surface area (Å²) in [6, 6.07) is 4.05. The van der Waals surface area contributed by atoms with Crippen LogP contribution in [-0.4, -0.2) is 34.7 Å². The summed E-state index contributed by atoms with van der Waals surface area (Å²) in [5.74, 6) is 2.13. The van der Waals surface area contributed by atoms with Gasteiger partial charge in [-0.2, -0.15) is 11.8 Å². The Bertz CT molecular complexity index is 294. The Kier molecular flexibility index (Phi) is 7.21. The molecule has 0 aliphatic heterocycles. The molecular formula is C12H20N2OS. The molecule has 0 spiro atoms. The van der Waals surface area contributed by atoms with E-state index in [9.17, 15) is 0 Å². The summed E-state index contributed by atoms with van der Waals surface area (Å²) in [7, 11) is 0. The number of aliphatic hydroxyl groups is 1. The van der Waals surface area contributed by atoms with Gasteiger partial charge >= 0.3 is 0 Å². The van der Waals surface area contributed by atoms with E-state index in [0.29, 0.717) is 6.61 Å². The smallest absolute Gasteiger partial charge is 0.0570 e. The molecule has 0 saturated carbocycles. The summed E-state index contributed by atoms with van der Waals surface area (Å²) < 4.78 is 0. The van der Waals surface area contributed by atoms with Crippen molar-refractivity contribution in [3.8, 4) is 0 Å². The van der Waals surface area contributed by atoms with E-state index in [2.05, 4.69) is 23.3 Å². The molecule has 0 aliphatic carbocycles. The summed E-state index contributed by atoms with van der Waals surface area (Å²) >= 11 is 1.87. The Morgan fingerprint density at radius 1 is 1.44 bits per heavy atom. The van der Waals surface area contributed by atoms with E-state index < -0.39 is 0 Å². The number of rotatable bonds is 8. The van der Waals surface area contributed by atoms with Gasteiger partial charge in [-0.15, -0.1) is 0 Å². The summed E-state index contributed by atoms with van der Waals surface area (Å²) in [6.07, 6.45) is 2.73. The largest absolute Gasteiger partial charge is 0.396 e. The van der Waals surface area contributed by atoms with Gasteiger partial charge in [0.15, 0.2) is 0 Å². The highest BCUT2D eigenvalue weighted by atomic mass is 32.2. The Morgan fingerprint density at radius 3 is 3.06 bits per heavy atom. The number of hydrogen-bond donors (Lipinski definition) is 2. The molecule has 16 heavy (non-hydrogen) atoms. The summed E-state index contributed by atoms with van der Waals surface area (Å²) in [4.78, 5) is 4.32. The van der Waals surface area contributed by atoms with Gasteiger partial charge in [0.05, 0.1) is 5.69 Å². The van der Waals surface area contributed by atoms with Gasteiger partial charge in [0, 0.05) is 31.6 Å². The van der Waals surface area contributed by atoms with E-state index in [0.717, 1.165) is 36.7 Å². The molecule has 3 nitrogen and oxygen atoms in total. The lowest BCUT2D eigenvalue weighted by Crippen LogP contribution is -2.18. The van der Waals surface area contributed by atoms with Crippen LogP contribution in [0.4, 0.5) is 0 Å². The van der Waals surface area contributed by atoms with E-state index in [1.807, 2.05) is 24.0 Å². The molecule has 1 aromatic rings. The van der Waals surface area contributed by atoms with Gasteiger partial charge in [0.2, 0.25) is 0 Å². The van der Waals surface area contributed by atoms with Crippen LogP contribution in [0.1, 0.15) is 17.7 Å². The zero-order valence-electron chi connectivity index (χ0n) is 9.78. The first-order valence-electron chi connectivity index (χ1n) is 5.64. The SMILES string of the molecule is Cc1cccnc1CNCCSCCCO. The van der Waals surface area contributed by atoms with E-state index in [4.69, 9.17) is 5.11 Å². The fourth-order valence-electron chi connectivity index (χ4n) is 1.32. The Hall–Kier alpha value is -0.580. The molecule has 1 rings (SSSR count). The molecule has 4 heteroatoms. The minimum Gasteiger partial charge on any atom is -0.396 e. The van der Waals surface area contributed by atoms with Crippen molar-refractivity contribution in [3.05, 3.63) is 29.6 Å². The van der Waals surface area contributed by atoms with Gasteiger partial charge in [0.25, 0.3) is 0 Å². The van der Waals surface area contributed by atoms with Gasteiger partial charge in [-0.25, -0.2) is 0 Å². The van der Waals surface area contributed by atoms with Crippen molar-refractivity contribution in [3.63, 3.8) is 0 Å². The van der Waals surface area contributed by atoms with Crippen molar-refractivity contribution in [2.45, 2.75) is 19.9 Å². The van der Waals surface area contributed by atoms with Crippen LogP contribution >= 0.6 is 11.8 Å². The van der Waals surface area contributed by atoms with Crippen molar-refractivity contribution in [1.82, 2.24) is 10.3 Å². The molecule has 0 amide bonds. The number of aromatic nitrogens is 1. The predicted octanol–water partition coefficient (Wildman–Crippen LogP) is 1.60. The molecule has 0 aromatic carbocycles. The summed E-state index contributed by atoms with van der Waals surface area (Å²) in [5.41, 5.74) is 2.37. The lowest BCUT2D eigenvalue weighted by molar-refractivity contribution is 0.296. The highest BCUT2D eigenvalue weighted by Gasteiger charge is 1.97. The lowest BCUT2D eigenvalue weighted by atomic mass is 10.2. The van der Waals surface area contributed by atoms with Crippen LogP contribution in [0.15, 0.2) is 18.3 Å². The second kappa shape index (κ2) is 8.56.